The third-order valence-electron chi connectivity index (χ3n) is 5.47. The quantitative estimate of drug-likeness (QED) is 0.402. The molecule has 0 radical (unpaired) electrons. The second-order valence-electron chi connectivity index (χ2n) is 8.99. The molecule has 0 unspecified atom stereocenters. The highest BCUT2D eigenvalue weighted by atomic mass is 35.5. The Kier molecular flexibility index (Phi) is 11.0. The maximum absolute atomic E-state index is 13.3. The number of sulfonamides is 1. The summed E-state index contributed by atoms with van der Waals surface area (Å²) in [7, 11) is -3.66. The topological polar surface area (TPSA) is 86.8 Å². The largest absolute Gasteiger partial charge is 0.354 e. The van der Waals surface area contributed by atoms with Gasteiger partial charge in [-0.2, -0.15) is 0 Å². The van der Waals surface area contributed by atoms with Gasteiger partial charge in [0, 0.05) is 36.1 Å². The highest BCUT2D eigenvalue weighted by Crippen LogP contribution is 2.24. The Morgan fingerprint density at radius 3 is 2.25 bits per heavy atom. The molecule has 0 heterocycles. The molecule has 198 valence electrons. The number of anilines is 1. The van der Waals surface area contributed by atoms with Crippen molar-refractivity contribution >= 4 is 50.7 Å². The number of nitrogens with zero attached hydrogens (tertiary/aromatic N) is 2. The van der Waals surface area contributed by atoms with Crippen molar-refractivity contribution in [1.82, 2.24) is 10.2 Å². The lowest BCUT2D eigenvalue weighted by Gasteiger charge is -2.30. The number of halogens is 3. The molecule has 1 N–H and O–H groups in total. The van der Waals surface area contributed by atoms with Crippen LogP contribution >= 0.6 is 23.2 Å². The first-order valence-corrected chi connectivity index (χ1v) is 14.1. The number of benzene rings is 2. The van der Waals surface area contributed by atoms with Crippen LogP contribution in [0, 0.1) is 11.7 Å². The van der Waals surface area contributed by atoms with Crippen LogP contribution in [0.25, 0.3) is 0 Å². The van der Waals surface area contributed by atoms with Gasteiger partial charge in [0.25, 0.3) is 0 Å². The molecule has 2 aromatic carbocycles. The number of carbonyl (C=O) groups excluding carboxylic acids is 2. The fourth-order valence-corrected chi connectivity index (χ4v) is 4.91. The summed E-state index contributed by atoms with van der Waals surface area (Å²) < 4.78 is 39.0. The fourth-order valence-electron chi connectivity index (χ4n) is 3.48. The molecule has 0 spiro atoms. The van der Waals surface area contributed by atoms with Crippen LogP contribution in [0.15, 0.2) is 42.5 Å². The van der Waals surface area contributed by atoms with Gasteiger partial charge in [0.15, 0.2) is 0 Å². The zero-order chi connectivity index (χ0) is 27.0. The van der Waals surface area contributed by atoms with Gasteiger partial charge in [0.1, 0.15) is 11.9 Å². The average molecular weight is 561 g/mol. The van der Waals surface area contributed by atoms with Crippen molar-refractivity contribution in [2.24, 2.45) is 5.92 Å². The predicted octanol–water partition coefficient (Wildman–Crippen LogP) is 4.87. The first kappa shape index (κ1) is 29.9. The second kappa shape index (κ2) is 13.3. The van der Waals surface area contributed by atoms with E-state index in [0.29, 0.717) is 27.8 Å². The van der Waals surface area contributed by atoms with Gasteiger partial charge < -0.3 is 10.2 Å². The van der Waals surface area contributed by atoms with Gasteiger partial charge in [-0.15, -0.1) is 0 Å². The third kappa shape index (κ3) is 8.94. The van der Waals surface area contributed by atoms with Crippen molar-refractivity contribution in [3.05, 3.63) is 63.9 Å². The standard InChI is InChI=1S/C25H32Cl2FN3O4S/c1-17(2)15-29-25(33)18(3)30(16-19-7-8-20(26)14-23(19)27)24(32)6-5-13-31(36(4,34)35)22-11-9-21(28)10-12-22/h7-12,14,17-18H,5-6,13,15-16H2,1-4H3,(H,29,33)/t18-/m1/s1. The summed E-state index contributed by atoms with van der Waals surface area (Å²) >= 11 is 12.3. The van der Waals surface area contributed by atoms with Gasteiger partial charge in [0.05, 0.1) is 11.9 Å². The fraction of sp³-hybridized carbons (Fsp3) is 0.440. The molecule has 2 aromatic rings. The molecule has 0 bridgehead atoms. The molecule has 0 fully saturated rings. The summed E-state index contributed by atoms with van der Waals surface area (Å²) in [6, 6.07) is 9.22. The van der Waals surface area contributed by atoms with Crippen LogP contribution in [0.4, 0.5) is 10.1 Å². The first-order valence-electron chi connectivity index (χ1n) is 11.5. The SMILES string of the molecule is CC(C)CNC(=O)[C@@H](C)N(Cc1ccc(Cl)cc1Cl)C(=O)CCCN(c1ccc(F)cc1)S(C)(=O)=O. The minimum Gasteiger partial charge on any atom is -0.354 e. The molecule has 7 nitrogen and oxygen atoms in total. The van der Waals surface area contributed by atoms with Crippen LogP contribution in [0.3, 0.4) is 0 Å². The highest BCUT2D eigenvalue weighted by Gasteiger charge is 2.27. The maximum atomic E-state index is 13.3. The van der Waals surface area contributed by atoms with E-state index < -0.39 is 21.9 Å². The third-order valence-corrected chi connectivity index (χ3v) is 7.26. The van der Waals surface area contributed by atoms with Gasteiger partial charge in [-0.05, 0) is 61.2 Å². The molecular formula is C25H32Cl2FN3O4S. The Morgan fingerprint density at radius 2 is 1.69 bits per heavy atom. The van der Waals surface area contributed by atoms with Crippen LogP contribution in [0.2, 0.25) is 10.0 Å². The van der Waals surface area contributed by atoms with Crippen LogP contribution < -0.4 is 9.62 Å². The van der Waals surface area contributed by atoms with Crippen LogP contribution in [0.1, 0.15) is 39.2 Å². The van der Waals surface area contributed by atoms with E-state index in [4.69, 9.17) is 23.2 Å². The lowest BCUT2D eigenvalue weighted by Crippen LogP contribution is -2.48. The summed E-state index contributed by atoms with van der Waals surface area (Å²) in [5, 5.41) is 3.66. The zero-order valence-corrected chi connectivity index (χ0v) is 23.1. The summed E-state index contributed by atoms with van der Waals surface area (Å²) in [5.41, 5.74) is 0.930. The van der Waals surface area contributed by atoms with E-state index in [9.17, 15) is 22.4 Å². The number of rotatable bonds is 12. The smallest absolute Gasteiger partial charge is 0.242 e. The lowest BCUT2D eigenvalue weighted by molar-refractivity contribution is -0.140. The molecular weight excluding hydrogens is 528 g/mol. The molecule has 2 amide bonds. The molecule has 0 saturated heterocycles. The maximum Gasteiger partial charge on any atom is 0.242 e. The number of hydrogen-bond donors (Lipinski definition) is 1. The minimum absolute atomic E-state index is 0.0136. The van der Waals surface area contributed by atoms with Gasteiger partial charge in [0.2, 0.25) is 21.8 Å². The van der Waals surface area contributed by atoms with E-state index in [1.54, 1.807) is 25.1 Å². The predicted molar refractivity (Wildman–Crippen MR) is 142 cm³/mol. The Morgan fingerprint density at radius 1 is 1.06 bits per heavy atom. The molecule has 0 aliphatic rings. The summed E-state index contributed by atoms with van der Waals surface area (Å²) in [4.78, 5) is 27.5. The van der Waals surface area contributed by atoms with E-state index in [2.05, 4.69) is 5.32 Å². The van der Waals surface area contributed by atoms with Gasteiger partial charge in [-0.1, -0.05) is 43.1 Å². The number of nitrogens with one attached hydrogen (secondary N) is 1. The monoisotopic (exact) mass is 559 g/mol. The summed E-state index contributed by atoms with van der Waals surface area (Å²) in [6.45, 7) is 6.14. The van der Waals surface area contributed by atoms with Crippen molar-refractivity contribution in [3.63, 3.8) is 0 Å². The molecule has 0 aliphatic carbocycles. The van der Waals surface area contributed by atoms with Gasteiger partial charge in [-0.3, -0.25) is 13.9 Å². The lowest BCUT2D eigenvalue weighted by atomic mass is 10.1. The summed E-state index contributed by atoms with van der Waals surface area (Å²) in [6.07, 6.45) is 1.23. The molecule has 0 saturated carbocycles. The minimum atomic E-state index is -3.66. The second-order valence-corrected chi connectivity index (χ2v) is 11.7. The summed E-state index contributed by atoms with van der Waals surface area (Å²) in [5.74, 6) is -0.875. The van der Waals surface area contributed by atoms with Gasteiger partial charge >= 0.3 is 0 Å². The van der Waals surface area contributed by atoms with E-state index in [0.717, 1.165) is 10.6 Å². The van der Waals surface area contributed by atoms with E-state index in [-0.39, 0.29) is 43.7 Å². The van der Waals surface area contributed by atoms with Crippen LogP contribution in [0.5, 0.6) is 0 Å². The van der Waals surface area contributed by atoms with Crippen LogP contribution in [-0.4, -0.2) is 50.5 Å². The normalized spacial score (nSPS) is 12.3. The number of hydrogen-bond acceptors (Lipinski definition) is 4. The van der Waals surface area contributed by atoms with Crippen molar-refractivity contribution < 1.29 is 22.4 Å². The molecule has 0 aromatic heterocycles. The Hall–Kier alpha value is -2.36. The Bertz CT molecular complexity index is 1160. The first-order chi connectivity index (χ1) is 16.8. The zero-order valence-electron chi connectivity index (χ0n) is 20.8. The van der Waals surface area contributed by atoms with Crippen molar-refractivity contribution in [2.75, 3.05) is 23.7 Å². The van der Waals surface area contributed by atoms with E-state index in [1.807, 2.05) is 13.8 Å². The number of carbonyl (C=O) groups is 2. The van der Waals surface area contributed by atoms with Crippen molar-refractivity contribution in [2.45, 2.75) is 46.2 Å². The Balaban J connectivity index is 2.19. The van der Waals surface area contributed by atoms with Gasteiger partial charge in [-0.25, -0.2) is 12.8 Å². The molecule has 2 rings (SSSR count). The molecule has 11 heteroatoms. The van der Waals surface area contributed by atoms with E-state index in [1.165, 1.54) is 29.2 Å². The average Bonchev–Trinajstić information content (AvgIpc) is 2.79. The number of amides is 2. The van der Waals surface area contributed by atoms with Crippen molar-refractivity contribution in [3.8, 4) is 0 Å². The Labute approximate surface area is 222 Å². The van der Waals surface area contributed by atoms with E-state index >= 15 is 0 Å². The van der Waals surface area contributed by atoms with Crippen LogP contribution in [-0.2, 0) is 26.2 Å². The molecule has 36 heavy (non-hydrogen) atoms. The van der Waals surface area contributed by atoms with Crippen molar-refractivity contribution in [1.29, 1.82) is 0 Å². The molecule has 0 aliphatic heterocycles. The highest BCUT2D eigenvalue weighted by molar-refractivity contribution is 7.92. The molecule has 1 atom stereocenters.